The fourth-order valence-corrected chi connectivity index (χ4v) is 2.78. The van der Waals surface area contributed by atoms with E-state index in [-0.39, 0.29) is 6.10 Å². The zero-order chi connectivity index (χ0) is 16.2. The number of hydrogen-bond donors (Lipinski definition) is 2. The predicted molar refractivity (Wildman–Crippen MR) is 94.5 cm³/mol. The Morgan fingerprint density at radius 2 is 2.09 bits per heavy atom. The number of unbranched alkanes of at least 4 members (excludes halogenated alkanes) is 3. The van der Waals surface area contributed by atoms with E-state index in [1.54, 1.807) is 0 Å². The van der Waals surface area contributed by atoms with Crippen molar-refractivity contribution in [2.24, 2.45) is 10.9 Å². The van der Waals surface area contributed by atoms with Gasteiger partial charge in [0.15, 0.2) is 5.96 Å². The summed E-state index contributed by atoms with van der Waals surface area (Å²) >= 11 is 0. The van der Waals surface area contributed by atoms with Gasteiger partial charge in [0, 0.05) is 39.8 Å². The molecule has 0 amide bonds. The van der Waals surface area contributed by atoms with Gasteiger partial charge in [0.1, 0.15) is 0 Å². The van der Waals surface area contributed by atoms with E-state index in [2.05, 4.69) is 41.3 Å². The SMILES string of the molecule is CCCCCCNC(=NC)NCC1CN(CC(C)C)CCO1. The van der Waals surface area contributed by atoms with Gasteiger partial charge in [-0.3, -0.25) is 9.89 Å². The molecule has 1 heterocycles. The maximum atomic E-state index is 5.86. The Morgan fingerprint density at radius 1 is 1.27 bits per heavy atom. The fourth-order valence-electron chi connectivity index (χ4n) is 2.78. The first-order valence-corrected chi connectivity index (χ1v) is 8.94. The molecule has 5 nitrogen and oxygen atoms in total. The first-order chi connectivity index (χ1) is 10.7. The Morgan fingerprint density at radius 3 is 2.77 bits per heavy atom. The smallest absolute Gasteiger partial charge is 0.191 e. The van der Waals surface area contributed by atoms with Gasteiger partial charge >= 0.3 is 0 Å². The highest BCUT2D eigenvalue weighted by atomic mass is 16.5. The van der Waals surface area contributed by atoms with Crippen LogP contribution in [0.5, 0.6) is 0 Å². The lowest BCUT2D eigenvalue weighted by molar-refractivity contribution is -0.0284. The Bertz CT molecular complexity index is 307. The molecule has 1 unspecified atom stereocenters. The molecule has 0 bridgehead atoms. The highest BCUT2D eigenvalue weighted by Crippen LogP contribution is 2.07. The van der Waals surface area contributed by atoms with Crippen LogP contribution in [0.2, 0.25) is 0 Å². The first-order valence-electron chi connectivity index (χ1n) is 8.94. The lowest BCUT2D eigenvalue weighted by Gasteiger charge is -2.34. The zero-order valence-corrected chi connectivity index (χ0v) is 15.0. The minimum Gasteiger partial charge on any atom is -0.374 e. The second kappa shape index (κ2) is 11.7. The van der Waals surface area contributed by atoms with Crippen LogP contribution in [0.25, 0.3) is 0 Å². The van der Waals surface area contributed by atoms with E-state index >= 15 is 0 Å². The van der Waals surface area contributed by atoms with E-state index in [9.17, 15) is 0 Å². The second-order valence-electron chi connectivity index (χ2n) is 6.59. The third-order valence-corrected chi connectivity index (χ3v) is 3.89. The maximum Gasteiger partial charge on any atom is 0.191 e. The molecule has 130 valence electrons. The van der Waals surface area contributed by atoms with Crippen molar-refractivity contribution in [3.05, 3.63) is 0 Å². The molecule has 22 heavy (non-hydrogen) atoms. The van der Waals surface area contributed by atoms with Crippen molar-refractivity contribution in [2.45, 2.75) is 52.6 Å². The number of ether oxygens (including phenoxy) is 1. The molecule has 0 radical (unpaired) electrons. The highest BCUT2D eigenvalue weighted by molar-refractivity contribution is 5.79. The average Bonchev–Trinajstić information content (AvgIpc) is 2.50. The molecular weight excluding hydrogens is 276 g/mol. The van der Waals surface area contributed by atoms with Crippen LogP contribution >= 0.6 is 0 Å². The van der Waals surface area contributed by atoms with Gasteiger partial charge in [0.25, 0.3) is 0 Å². The van der Waals surface area contributed by atoms with Crippen molar-refractivity contribution in [1.29, 1.82) is 0 Å². The molecule has 1 saturated heterocycles. The quantitative estimate of drug-likeness (QED) is 0.389. The molecule has 1 aliphatic rings. The molecule has 2 N–H and O–H groups in total. The second-order valence-corrected chi connectivity index (χ2v) is 6.59. The summed E-state index contributed by atoms with van der Waals surface area (Å²) in [6, 6.07) is 0. The van der Waals surface area contributed by atoms with E-state index in [0.717, 1.165) is 45.3 Å². The summed E-state index contributed by atoms with van der Waals surface area (Å²) < 4.78 is 5.86. The van der Waals surface area contributed by atoms with Crippen LogP contribution in [0.1, 0.15) is 46.5 Å². The maximum absolute atomic E-state index is 5.86. The van der Waals surface area contributed by atoms with E-state index in [4.69, 9.17) is 4.74 Å². The lowest BCUT2D eigenvalue weighted by atomic mass is 10.2. The Labute approximate surface area is 136 Å². The van der Waals surface area contributed by atoms with Crippen LogP contribution in [0.15, 0.2) is 4.99 Å². The molecule has 0 aromatic carbocycles. The number of morpholine rings is 1. The molecule has 0 saturated carbocycles. The summed E-state index contributed by atoms with van der Waals surface area (Å²) in [5.74, 6) is 1.60. The zero-order valence-electron chi connectivity index (χ0n) is 15.0. The van der Waals surface area contributed by atoms with Crippen molar-refractivity contribution in [3.63, 3.8) is 0 Å². The first kappa shape index (κ1) is 19.2. The molecule has 1 atom stereocenters. The summed E-state index contributed by atoms with van der Waals surface area (Å²) in [6.07, 6.45) is 5.34. The van der Waals surface area contributed by atoms with Crippen molar-refractivity contribution >= 4 is 5.96 Å². The molecule has 1 fully saturated rings. The number of nitrogens with zero attached hydrogens (tertiary/aromatic N) is 2. The summed E-state index contributed by atoms with van der Waals surface area (Å²) in [6.45, 7) is 12.7. The molecule has 0 aliphatic carbocycles. The minimum absolute atomic E-state index is 0.256. The summed E-state index contributed by atoms with van der Waals surface area (Å²) in [5.41, 5.74) is 0. The normalized spacial score (nSPS) is 20.4. The lowest BCUT2D eigenvalue weighted by Crippen LogP contribution is -2.50. The standard InChI is InChI=1S/C17H36N4O/c1-5-6-7-8-9-19-17(18-4)20-12-16-14-21(10-11-22-16)13-15(2)3/h15-16H,5-14H2,1-4H3,(H2,18,19,20). The van der Waals surface area contributed by atoms with Crippen LogP contribution in [-0.4, -0.2) is 63.3 Å². The molecule has 1 aliphatic heterocycles. The van der Waals surface area contributed by atoms with Crippen molar-refractivity contribution in [2.75, 3.05) is 46.4 Å². The van der Waals surface area contributed by atoms with Crippen LogP contribution in [0.3, 0.4) is 0 Å². The fraction of sp³-hybridized carbons (Fsp3) is 0.941. The summed E-state index contributed by atoms with van der Waals surface area (Å²) in [4.78, 5) is 6.78. The molecule has 1 rings (SSSR count). The van der Waals surface area contributed by atoms with E-state index < -0.39 is 0 Å². The van der Waals surface area contributed by atoms with Gasteiger partial charge in [-0.2, -0.15) is 0 Å². The van der Waals surface area contributed by atoms with Gasteiger partial charge in [0.05, 0.1) is 12.7 Å². The molecular formula is C17H36N4O. The van der Waals surface area contributed by atoms with Gasteiger partial charge in [-0.1, -0.05) is 40.0 Å². The van der Waals surface area contributed by atoms with E-state index in [1.807, 2.05) is 7.05 Å². The molecule has 5 heteroatoms. The third-order valence-electron chi connectivity index (χ3n) is 3.89. The number of nitrogens with one attached hydrogen (secondary N) is 2. The number of guanidine groups is 1. The van der Waals surface area contributed by atoms with Gasteiger partial charge < -0.3 is 15.4 Å². The Hall–Kier alpha value is -0.810. The van der Waals surface area contributed by atoms with E-state index in [0.29, 0.717) is 5.92 Å². The Balaban J connectivity index is 2.19. The van der Waals surface area contributed by atoms with Gasteiger partial charge in [-0.05, 0) is 12.3 Å². The van der Waals surface area contributed by atoms with Gasteiger partial charge in [-0.25, -0.2) is 0 Å². The molecule has 0 aromatic rings. The van der Waals surface area contributed by atoms with Crippen molar-refractivity contribution < 1.29 is 4.74 Å². The van der Waals surface area contributed by atoms with Crippen molar-refractivity contribution in [1.82, 2.24) is 15.5 Å². The van der Waals surface area contributed by atoms with Crippen LogP contribution in [-0.2, 0) is 4.74 Å². The predicted octanol–water partition coefficient (Wildman–Crippen LogP) is 2.09. The number of aliphatic imine (C=N–C) groups is 1. The topological polar surface area (TPSA) is 48.9 Å². The van der Waals surface area contributed by atoms with Crippen LogP contribution in [0.4, 0.5) is 0 Å². The Kier molecular flexibility index (Phi) is 10.2. The van der Waals surface area contributed by atoms with Gasteiger partial charge in [0.2, 0.25) is 0 Å². The summed E-state index contributed by atoms with van der Waals surface area (Å²) in [7, 11) is 1.83. The third kappa shape index (κ3) is 8.59. The largest absolute Gasteiger partial charge is 0.374 e. The van der Waals surface area contributed by atoms with E-state index in [1.165, 1.54) is 25.7 Å². The monoisotopic (exact) mass is 312 g/mol. The highest BCUT2D eigenvalue weighted by Gasteiger charge is 2.20. The molecule has 0 spiro atoms. The van der Waals surface area contributed by atoms with Gasteiger partial charge in [-0.15, -0.1) is 0 Å². The minimum atomic E-state index is 0.256. The number of hydrogen-bond acceptors (Lipinski definition) is 3. The van der Waals surface area contributed by atoms with Crippen LogP contribution < -0.4 is 10.6 Å². The number of rotatable bonds is 9. The van der Waals surface area contributed by atoms with Crippen molar-refractivity contribution in [3.8, 4) is 0 Å². The molecule has 0 aromatic heterocycles. The average molecular weight is 313 g/mol. The van der Waals surface area contributed by atoms with Crippen LogP contribution in [0, 0.1) is 5.92 Å². The summed E-state index contributed by atoms with van der Waals surface area (Å²) in [5, 5.41) is 6.77.